The lowest BCUT2D eigenvalue weighted by Crippen LogP contribution is -2.50. The number of benzene rings is 2. The van der Waals surface area contributed by atoms with Gasteiger partial charge in [-0.2, -0.15) is 0 Å². The molecule has 0 spiro atoms. The number of rotatable bonds is 9. The summed E-state index contributed by atoms with van der Waals surface area (Å²) >= 11 is 0. The maximum absolute atomic E-state index is 12.6. The Kier molecular flexibility index (Phi) is 7.51. The first-order valence-corrected chi connectivity index (χ1v) is 10.9. The van der Waals surface area contributed by atoms with Crippen LogP contribution >= 0.6 is 0 Å². The predicted molar refractivity (Wildman–Crippen MR) is 121 cm³/mol. The lowest BCUT2D eigenvalue weighted by molar-refractivity contribution is -0.137. The maximum atomic E-state index is 12.6. The number of ether oxygens (including phenoxy) is 1. The van der Waals surface area contributed by atoms with E-state index < -0.39 is 30.1 Å². The van der Waals surface area contributed by atoms with Gasteiger partial charge in [-0.15, -0.1) is 0 Å². The number of hydrogen-bond donors (Lipinski definition) is 3. The average molecular weight is 439 g/mol. The Morgan fingerprint density at radius 3 is 2.03 bits per heavy atom. The van der Waals surface area contributed by atoms with E-state index in [0.717, 1.165) is 22.3 Å². The Morgan fingerprint density at radius 1 is 0.938 bits per heavy atom. The molecule has 170 valence electrons. The number of nitrogens with one attached hydrogen (secondary N) is 2. The summed E-state index contributed by atoms with van der Waals surface area (Å²) in [5.74, 6) is -1.33. The fraction of sp³-hybridized carbons (Fsp3) is 0.400. The second-order valence-corrected chi connectivity index (χ2v) is 8.66. The van der Waals surface area contributed by atoms with Crippen LogP contribution in [0.5, 0.6) is 0 Å². The van der Waals surface area contributed by atoms with Gasteiger partial charge in [-0.3, -0.25) is 9.59 Å². The second kappa shape index (κ2) is 10.3. The predicted octanol–water partition coefficient (Wildman–Crippen LogP) is 3.92. The third-order valence-corrected chi connectivity index (χ3v) is 5.53. The molecule has 0 radical (unpaired) electrons. The van der Waals surface area contributed by atoms with E-state index >= 15 is 0 Å². The van der Waals surface area contributed by atoms with E-state index in [-0.39, 0.29) is 24.9 Å². The summed E-state index contributed by atoms with van der Waals surface area (Å²) in [7, 11) is 0. The molecule has 2 aromatic carbocycles. The minimum absolute atomic E-state index is 0.0684. The summed E-state index contributed by atoms with van der Waals surface area (Å²) in [6.07, 6.45) is -0.445. The van der Waals surface area contributed by atoms with E-state index in [9.17, 15) is 14.4 Å². The highest BCUT2D eigenvalue weighted by Crippen LogP contribution is 2.44. The van der Waals surface area contributed by atoms with Crippen LogP contribution in [0.15, 0.2) is 48.5 Å². The van der Waals surface area contributed by atoms with Crippen molar-refractivity contribution >= 4 is 18.0 Å². The molecule has 3 N–H and O–H groups in total. The number of carboxylic acids is 1. The number of carbonyl (C=O) groups is 3. The summed E-state index contributed by atoms with van der Waals surface area (Å²) < 4.78 is 5.55. The number of fused-ring (bicyclic) bond motifs is 3. The Bertz CT molecular complexity index is 942. The largest absolute Gasteiger partial charge is 0.481 e. The first-order valence-electron chi connectivity index (χ1n) is 10.9. The van der Waals surface area contributed by atoms with Crippen LogP contribution in [0.1, 0.15) is 50.7 Å². The first-order chi connectivity index (χ1) is 15.3. The lowest BCUT2D eigenvalue weighted by Gasteiger charge is -2.22. The fourth-order valence-electron chi connectivity index (χ4n) is 4.14. The number of alkyl carbamates (subject to hydrolysis) is 1. The average Bonchev–Trinajstić information content (AvgIpc) is 3.04. The summed E-state index contributed by atoms with van der Waals surface area (Å²) in [5, 5.41) is 14.2. The van der Waals surface area contributed by atoms with Gasteiger partial charge < -0.3 is 20.5 Å². The molecule has 1 aliphatic rings. The molecular formula is C25H30N2O5. The molecule has 2 aromatic rings. The molecule has 2 unspecified atom stereocenters. The summed E-state index contributed by atoms with van der Waals surface area (Å²) in [5.41, 5.74) is 4.50. The van der Waals surface area contributed by atoms with Crippen molar-refractivity contribution in [2.45, 2.75) is 51.6 Å². The van der Waals surface area contributed by atoms with E-state index in [1.54, 1.807) is 6.92 Å². The Morgan fingerprint density at radius 2 is 1.50 bits per heavy atom. The van der Waals surface area contributed by atoms with Crippen molar-refractivity contribution in [2.24, 2.45) is 5.92 Å². The fourth-order valence-corrected chi connectivity index (χ4v) is 4.14. The lowest BCUT2D eigenvalue weighted by atomic mass is 9.98. The van der Waals surface area contributed by atoms with Crippen molar-refractivity contribution in [1.29, 1.82) is 0 Å². The first kappa shape index (κ1) is 23.3. The van der Waals surface area contributed by atoms with Crippen LogP contribution < -0.4 is 10.6 Å². The normalized spacial score (nSPS) is 14.2. The molecule has 0 bridgehead atoms. The standard InChI is InChI=1S/C25H30N2O5/c1-15(2)12-22(24(30)26-16(3)13-23(28)29)27-25(31)32-14-21-19-10-6-4-8-17(19)18-9-5-7-11-20(18)21/h4-11,15-16,21-22H,12-14H2,1-3H3,(H,26,30)(H,27,31)(H,28,29). The van der Waals surface area contributed by atoms with Crippen LogP contribution in [0, 0.1) is 5.92 Å². The number of hydrogen-bond acceptors (Lipinski definition) is 4. The molecule has 0 fully saturated rings. The highest BCUT2D eigenvalue weighted by Gasteiger charge is 2.30. The monoisotopic (exact) mass is 438 g/mol. The van der Waals surface area contributed by atoms with Crippen LogP contribution in [0.25, 0.3) is 11.1 Å². The molecule has 2 amide bonds. The minimum Gasteiger partial charge on any atom is -0.481 e. The van der Waals surface area contributed by atoms with Crippen molar-refractivity contribution in [3.05, 3.63) is 59.7 Å². The van der Waals surface area contributed by atoms with Gasteiger partial charge >= 0.3 is 12.1 Å². The number of carbonyl (C=O) groups excluding carboxylic acids is 2. The second-order valence-electron chi connectivity index (χ2n) is 8.66. The van der Waals surface area contributed by atoms with Crippen LogP contribution in [-0.2, 0) is 14.3 Å². The van der Waals surface area contributed by atoms with E-state index in [1.165, 1.54) is 0 Å². The molecule has 0 heterocycles. The minimum atomic E-state index is -0.997. The number of amides is 2. The summed E-state index contributed by atoms with van der Waals surface area (Å²) in [4.78, 5) is 36.1. The zero-order chi connectivity index (χ0) is 23.3. The zero-order valence-electron chi connectivity index (χ0n) is 18.6. The van der Waals surface area contributed by atoms with E-state index in [1.807, 2.05) is 50.2 Å². The van der Waals surface area contributed by atoms with Crippen LogP contribution in [0.4, 0.5) is 4.79 Å². The highest BCUT2D eigenvalue weighted by atomic mass is 16.5. The molecule has 2 atom stereocenters. The van der Waals surface area contributed by atoms with Gasteiger partial charge in [0.05, 0.1) is 6.42 Å². The SMILES string of the molecule is CC(C)CC(NC(=O)OCC1c2ccccc2-c2ccccc21)C(=O)NC(C)CC(=O)O. The quantitative estimate of drug-likeness (QED) is 0.550. The van der Waals surface area contributed by atoms with Crippen molar-refractivity contribution in [3.63, 3.8) is 0 Å². The number of aliphatic carboxylic acids is 1. The molecule has 7 heteroatoms. The summed E-state index contributed by atoms with van der Waals surface area (Å²) in [6, 6.07) is 14.8. The number of carboxylic acid groups (broad SMARTS) is 1. The highest BCUT2D eigenvalue weighted by molar-refractivity contribution is 5.86. The van der Waals surface area contributed by atoms with Crippen LogP contribution in [-0.4, -0.2) is 41.8 Å². The molecule has 0 aromatic heterocycles. The van der Waals surface area contributed by atoms with Gasteiger partial charge in [-0.05, 0) is 41.5 Å². The molecule has 0 aliphatic heterocycles. The van der Waals surface area contributed by atoms with E-state index in [2.05, 4.69) is 22.8 Å². The Labute approximate surface area is 188 Å². The van der Waals surface area contributed by atoms with Gasteiger partial charge in [0.2, 0.25) is 5.91 Å². The van der Waals surface area contributed by atoms with Crippen molar-refractivity contribution in [2.75, 3.05) is 6.61 Å². The van der Waals surface area contributed by atoms with Crippen molar-refractivity contribution in [1.82, 2.24) is 10.6 Å². The van der Waals surface area contributed by atoms with E-state index in [4.69, 9.17) is 9.84 Å². The third-order valence-electron chi connectivity index (χ3n) is 5.53. The molecule has 0 saturated carbocycles. The maximum Gasteiger partial charge on any atom is 0.407 e. The summed E-state index contributed by atoms with van der Waals surface area (Å²) in [6.45, 7) is 5.66. The van der Waals surface area contributed by atoms with Gasteiger partial charge in [0.25, 0.3) is 0 Å². The molecular weight excluding hydrogens is 408 g/mol. The van der Waals surface area contributed by atoms with Crippen molar-refractivity contribution in [3.8, 4) is 11.1 Å². The topological polar surface area (TPSA) is 105 Å². The molecule has 3 rings (SSSR count). The Balaban J connectivity index is 1.64. The van der Waals surface area contributed by atoms with Crippen LogP contribution in [0.2, 0.25) is 0 Å². The van der Waals surface area contributed by atoms with Gasteiger partial charge in [0, 0.05) is 12.0 Å². The molecule has 7 nitrogen and oxygen atoms in total. The van der Waals surface area contributed by atoms with E-state index in [0.29, 0.717) is 6.42 Å². The molecule has 1 aliphatic carbocycles. The smallest absolute Gasteiger partial charge is 0.407 e. The molecule has 32 heavy (non-hydrogen) atoms. The Hall–Kier alpha value is -3.35. The van der Waals surface area contributed by atoms with Crippen LogP contribution in [0.3, 0.4) is 0 Å². The van der Waals surface area contributed by atoms with Gasteiger partial charge in [-0.25, -0.2) is 4.79 Å². The zero-order valence-corrected chi connectivity index (χ0v) is 18.6. The third kappa shape index (κ3) is 5.66. The van der Waals surface area contributed by atoms with Gasteiger partial charge in [0.1, 0.15) is 12.6 Å². The van der Waals surface area contributed by atoms with Crippen molar-refractivity contribution < 1.29 is 24.2 Å². The molecule has 0 saturated heterocycles. The van der Waals surface area contributed by atoms with Gasteiger partial charge in [0.15, 0.2) is 0 Å². The van der Waals surface area contributed by atoms with Gasteiger partial charge in [-0.1, -0.05) is 62.4 Å².